The molecule has 6 nitrogen and oxygen atoms in total. The first-order valence-corrected chi connectivity index (χ1v) is 23.9. The van der Waals surface area contributed by atoms with Crippen molar-refractivity contribution in [1.29, 1.82) is 0 Å². The maximum absolute atomic E-state index is 7.00. The number of nitrogens with one attached hydrogen (secondary N) is 1. The largest absolute Gasteiger partial charge is 0.400 e. The normalized spacial score (nSPS) is 12.2. The molecule has 0 aromatic rings. The van der Waals surface area contributed by atoms with Crippen LogP contribution in [0.25, 0.3) is 0 Å². The van der Waals surface area contributed by atoms with E-state index in [1.165, 1.54) is 212 Å². The minimum atomic E-state index is 0.237. The number of ether oxygens (including phenoxy) is 1. The van der Waals surface area contributed by atoms with Crippen molar-refractivity contribution < 1.29 is 19.6 Å². The quantitative estimate of drug-likeness (QED) is 0.0248. The molecular formula is C47H102N2O4. The van der Waals surface area contributed by atoms with Gasteiger partial charge in [-0.25, -0.2) is 9.78 Å². The SMILES string of the molecule is CCCCCCCCCCCC(CCCCCCCCC)OOCNCCOC(CCCCCCCCC)CCCCCCCCCC.CCN.CO. The van der Waals surface area contributed by atoms with Crippen LogP contribution in [0.1, 0.15) is 259 Å². The predicted molar refractivity (Wildman–Crippen MR) is 236 cm³/mol. The monoisotopic (exact) mass is 759 g/mol. The molecule has 324 valence electrons. The molecule has 2 atom stereocenters. The van der Waals surface area contributed by atoms with Gasteiger partial charge in [-0.3, -0.25) is 5.32 Å². The van der Waals surface area contributed by atoms with Gasteiger partial charge in [-0.1, -0.05) is 234 Å². The molecule has 0 bridgehead atoms. The van der Waals surface area contributed by atoms with Crippen LogP contribution in [0.3, 0.4) is 0 Å². The highest BCUT2D eigenvalue weighted by molar-refractivity contribution is 4.62. The van der Waals surface area contributed by atoms with E-state index in [1.807, 2.05) is 6.92 Å². The Bertz CT molecular complexity index is 583. The van der Waals surface area contributed by atoms with Crippen LogP contribution in [0.4, 0.5) is 0 Å². The van der Waals surface area contributed by atoms with Crippen molar-refractivity contribution >= 4 is 0 Å². The van der Waals surface area contributed by atoms with Crippen molar-refractivity contribution in [1.82, 2.24) is 5.32 Å². The summed E-state index contributed by atoms with van der Waals surface area (Å²) in [5.41, 5.74) is 4.85. The molecule has 0 fully saturated rings. The number of aliphatic hydroxyl groups excluding tert-OH is 1. The van der Waals surface area contributed by atoms with Crippen LogP contribution in [0.5, 0.6) is 0 Å². The van der Waals surface area contributed by atoms with Gasteiger partial charge in [-0.2, -0.15) is 0 Å². The number of aliphatic hydroxyl groups is 1. The molecule has 0 saturated carbocycles. The van der Waals surface area contributed by atoms with Crippen LogP contribution in [0, 0.1) is 0 Å². The van der Waals surface area contributed by atoms with E-state index in [0.29, 0.717) is 12.8 Å². The minimum absolute atomic E-state index is 0.237. The Morgan fingerprint density at radius 2 is 0.679 bits per heavy atom. The number of rotatable bonds is 43. The molecule has 6 heteroatoms. The van der Waals surface area contributed by atoms with Gasteiger partial charge in [0, 0.05) is 13.7 Å². The smallest absolute Gasteiger partial charge is 0.133 e. The summed E-state index contributed by atoms with van der Waals surface area (Å²) in [6.45, 7) is 13.9. The van der Waals surface area contributed by atoms with Crippen LogP contribution < -0.4 is 11.1 Å². The molecule has 0 radical (unpaired) electrons. The van der Waals surface area contributed by atoms with E-state index < -0.39 is 0 Å². The number of unbranched alkanes of at least 4 members (excludes halogenated alkanes) is 27. The van der Waals surface area contributed by atoms with Gasteiger partial charge < -0.3 is 15.6 Å². The van der Waals surface area contributed by atoms with E-state index in [-0.39, 0.29) is 6.10 Å². The topological polar surface area (TPSA) is 86.0 Å². The molecule has 2 unspecified atom stereocenters. The molecule has 0 aromatic carbocycles. The predicted octanol–water partition coefficient (Wildman–Crippen LogP) is 14.5. The third-order valence-electron chi connectivity index (χ3n) is 10.3. The molecule has 0 heterocycles. The summed E-state index contributed by atoms with van der Waals surface area (Å²) in [5, 5.41) is 10.4. The standard InChI is InChI=1S/C44H91NO3.C2H7N.CH4O/c1-5-9-13-17-21-23-27-31-35-39-44(38-34-30-25-20-16-12-8-4)48-47-42-45-40-41-46-43(36-32-28-24-19-15-11-7-3)37-33-29-26-22-18-14-10-6-2;1-2-3;1-2/h43-45H,5-42H2,1-4H3;2-3H2,1H3;2H,1H3. The molecule has 0 saturated heterocycles. The maximum atomic E-state index is 7.00. The zero-order chi connectivity index (χ0) is 39.6. The second-order valence-corrected chi connectivity index (χ2v) is 15.6. The summed E-state index contributed by atoms with van der Waals surface area (Å²) in [5.74, 6) is 0. The van der Waals surface area contributed by atoms with Gasteiger partial charge in [0.25, 0.3) is 0 Å². The van der Waals surface area contributed by atoms with Crippen molar-refractivity contribution in [2.24, 2.45) is 5.73 Å². The lowest BCUT2D eigenvalue weighted by Crippen LogP contribution is -2.26. The van der Waals surface area contributed by atoms with E-state index in [1.54, 1.807) is 0 Å². The number of hydrogen-bond acceptors (Lipinski definition) is 6. The van der Waals surface area contributed by atoms with Gasteiger partial charge in [-0.05, 0) is 32.2 Å². The maximum Gasteiger partial charge on any atom is 0.133 e. The van der Waals surface area contributed by atoms with E-state index >= 15 is 0 Å². The molecule has 0 aromatic heterocycles. The second kappa shape index (κ2) is 56.1. The third-order valence-corrected chi connectivity index (χ3v) is 10.3. The van der Waals surface area contributed by atoms with Crippen molar-refractivity contribution in [2.75, 3.05) is 33.5 Å². The van der Waals surface area contributed by atoms with E-state index in [2.05, 4.69) is 33.0 Å². The Morgan fingerprint density at radius 1 is 0.415 bits per heavy atom. The molecule has 4 N–H and O–H groups in total. The van der Waals surface area contributed by atoms with Crippen LogP contribution in [-0.4, -0.2) is 50.9 Å². The summed E-state index contributed by atoms with van der Waals surface area (Å²) in [7, 11) is 1.00. The Balaban J connectivity index is -0.00000473. The number of nitrogens with two attached hydrogens (primary N) is 1. The van der Waals surface area contributed by atoms with Gasteiger partial charge in [0.2, 0.25) is 0 Å². The average molecular weight is 759 g/mol. The average Bonchev–Trinajstić information content (AvgIpc) is 3.17. The summed E-state index contributed by atoms with van der Waals surface area (Å²) in [6.07, 6.45) is 47.9. The lowest BCUT2D eigenvalue weighted by molar-refractivity contribution is -0.330. The minimum Gasteiger partial charge on any atom is -0.400 e. The second-order valence-electron chi connectivity index (χ2n) is 15.6. The van der Waals surface area contributed by atoms with Gasteiger partial charge in [0.1, 0.15) is 6.73 Å². The molecule has 53 heavy (non-hydrogen) atoms. The Morgan fingerprint density at radius 3 is 0.981 bits per heavy atom. The van der Waals surface area contributed by atoms with E-state index in [9.17, 15) is 0 Å². The molecule has 0 aliphatic heterocycles. The van der Waals surface area contributed by atoms with Gasteiger partial charge in [0.15, 0.2) is 0 Å². The number of hydrogen-bond donors (Lipinski definition) is 3. The van der Waals surface area contributed by atoms with E-state index in [0.717, 1.165) is 39.6 Å². The van der Waals surface area contributed by atoms with Gasteiger partial charge in [-0.15, -0.1) is 0 Å². The molecule has 0 aliphatic carbocycles. The summed E-state index contributed by atoms with van der Waals surface area (Å²) in [4.78, 5) is 11.7. The third kappa shape index (κ3) is 53.9. The molecule has 0 rings (SSSR count). The van der Waals surface area contributed by atoms with Crippen molar-refractivity contribution in [2.45, 2.75) is 272 Å². The highest BCUT2D eigenvalue weighted by Gasteiger charge is 2.12. The lowest BCUT2D eigenvalue weighted by atomic mass is 10.0. The summed E-state index contributed by atoms with van der Waals surface area (Å²) < 4.78 is 6.43. The summed E-state index contributed by atoms with van der Waals surface area (Å²) in [6, 6.07) is 0. The fourth-order valence-electron chi connectivity index (χ4n) is 6.94. The van der Waals surface area contributed by atoms with Crippen LogP contribution in [0.15, 0.2) is 0 Å². The molecular weight excluding hydrogens is 657 g/mol. The molecule has 0 spiro atoms. The molecule has 0 aliphatic rings. The zero-order valence-corrected chi connectivity index (χ0v) is 37.5. The first-order chi connectivity index (χ1) is 26.2. The first-order valence-electron chi connectivity index (χ1n) is 23.9. The van der Waals surface area contributed by atoms with Crippen LogP contribution in [-0.2, 0) is 14.5 Å². The first kappa shape index (κ1) is 57.1. The van der Waals surface area contributed by atoms with Crippen LogP contribution in [0.2, 0.25) is 0 Å². The van der Waals surface area contributed by atoms with Crippen molar-refractivity contribution in [3.05, 3.63) is 0 Å². The van der Waals surface area contributed by atoms with Gasteiger partial charge in [0.05, 0.1) is 18.8 Å². The fraction of sp³-hybridized carbons (Fsp3) is 1.00. The van der Waals surface area contributed by atoms with Gasteiger partial charge >= 0.3 is 0 Å². The zero-order valence-electron chi connectivity index (χ0n) is 37.5. The van der Waals surface area contributed by atoms with Crippen molar-refractivity contribution in [3.63, 3.8) is 0 Å². The van der Waals surface area contributed by atoms with Crippen LogP contribution >= 0.6 is 0 Å². The highest BCUT2D eigenvalue weighted by Crippen LogP contribution is 2.19. The van der Waals surface area contributed by atoms with Crippen molar-refractivity contribution in [3.8, 4) is 0 Å². The summed E-state index contributed by atoms with van der Waals surface area (Å²) >= 11 is 0. The van der Waals surface area contributed by atoms with E-state index in [4.69, 9.17) is 25.4 Å². The Hall–Kier alpha value is -0.240. The Labute approximate surface area is 334 Å². The highest BCUT2D eigenvalue weighted by atomic mass is 17.2. The Kier molecular flexibility index (Phi) is 60.4. The molecule has 0 amide bonds. The lowest BCUT2D eigenvalue weighted by Gasteiger charge is -2.19. The fourth-order valence-corrected chi connectivity index (χ4v) is 6.94.